The first-order chi connectivity index (χ1) is 9.20. The van der Waals surface area contributed by atoms with Gasteiger partial charge in [-0.2, -0.15) is 0 Å². The predicted molar refractivity (Wildman–Crippen MR) is 68.8 cm³/mol. The van der Waals surface area contributed by atoms with E-state index in [-0.39, 0.29) is 18.9 Å². The van der Waals surface area contributed by atoms with Gasteiger partial charge in [0.15, 0.2) is 17.0 Å². The average molecular weight is 284 g/mol. The molecule has 1 aliphatic carbocycles. The van der Waals surface area contributed by atoms with Gasteiger partial charge in [-0.15, -0.1) is 0 Å². The van der Waals surface area contributed by atoms with Gasteiger partial charge >= 0.3 is 11.9 Å². The van der Waals surface area contributed by atoms with Gasteiger partial charge in [-0.05, 0) is 27.7 Å². The number of ether oxygens (including phenoxy) is 2. The van der Waals surface area contributed by atoms with Crippen LogP contribution in [0.25, 0.3) is 0 Å². The van der Waals surface area contributed by atoms with Gasteiger partial charge in [0, 0.05) is 12.8 Å². The summed E-state index contributed by atoms with van der Waals surface area (Å²) in [6.45, 7) is 6.52. The molecular weight excluding hydrogens is 264 g/mol. The van der Waals surface area contributed by atoms with Crippen molar-refractivity contribution in [3.8, 4) is 0 Å². The molecule has 1 saturated carbocycles. The lowest BCUT2D eigenvalue weighted by molar-refractivity contribution is -0.171. The molecule has 0 radical (unpaired) electrons. The third kappa shape index (κ3) is 3.23. The minimum Gasteiger partial charge on any atom is -0.463 e. The van der Waals surface area contributed by atoms with Crippen molar-refractivity contribution in [1.29, 1.82) is 0 Å². The molecule has 0 N–H and O–H groups in total. The van der Waals surface area contributed by atoms with Crippen molar-refractivity contribution in [3.05, 3.63) is 0 Å². The molecule has 0 amide bonds. The Morgan fingerprint density at radius 3 is 1.85 bits per heavy atom. The summed E-state index contributed by atoms with van der Waals surface area (Å²) in [5, 5.41) is 0. The number of carbonyl (C=O) groups is 4. The summed E-state index contributed by atoms with van der Waals surface area (Å²) in [5.41, 5.74) is -2.00. The van der Waals surface area contributed by atoms with Crippen LogP contribution < -0.4 is 0 Å². The second-order valence-electron chi connectivity index (χ2n) is 5.42. The van der Waals surface area contributed by atoms with E-state index in [1.165, 1.54) is 0 Å². The lowest BCUT2D eigenvalue weighted by atomic mass is 9.80. The Labute approximate surface area is 117 Å². The average Bonchev–Trinajstić information content (AvgIpc) is 2.56. The Balaban J connectivity index is 3.03. The lowest BCUT2D eigenvalue weighted by Crippen LogP contribution is -2.45. The Hall–Kier alpha value is -1.72. The maximum absolute atomic E-state index is 12.1. The molecular formula is C14H20O6. The van der Waals surface area contributed by atoms with Gasteiger partial charge in [0.1, 0.15) is 0 Å². The fourth-order valence-corrected chi connectivity index (χ4v) is 2.14. The van der Waals surface area contributed by atoms with Crippen molar-refractivity contribution in [1.82, 2.24) is 0 Å². The van der Waals surface area contributed by atoms with E-state index < -0.39 is 41.4 Å². The van der Waals surface area contributed by atoms with Crippen molar-refractivity contribution in [2.75, 3.05) is 0 Å². The van der Waals surface area contributed by atoms with E-state index in [0.29, 0.717) is 0 Å². The molecule has 0 bridgehead atoms. The van der Waals surface area contributed by atoms with Crippen LogP contribution in [0, 0.1) is 5.41 Å². The van der Waals surface area contributed by atoms with Crippen molar-refractivity contribution < 1.29 is 28.7 Å². The highest BCUT2D eigenvalue weighted by Crippen LogP contribution is 2.37. The van der Waals surface area contributed by atoms with E-state index >= 15 is 0 Å². The van der Waals surface area contributed by atoms with Gasteiger partial charge in [0.2, 0.25) is 0 Å². The van der Waals surface area contributed by atoms with E-state index in [0.717, 1.165) is 0 Å². The van der Waals surface area contributed by atoms with E-state index in [2.05, 4.69) is 0 Å². The van der Waals surface area contributed by atoms with Gasteiger partial charge < -0.3 is 9.47 Å². The van der Waals surface area contributed by atoms with Crippen molar-refractivity contribution in [2.45, 2.75) is 59.2 Å². The molecule has 112 valence electrons. The van der Waals surface area contributed by atoms with Gasteiger partial charge in [-0.3, -0.25) is 19.2 Å². The first-order valence-corrected chi connectivity index (χ1v) is 6.67. The van der Waals surface area contributed by atoms with Crippen LogP contribution in [-0.4, -0.2) is 35.7 Å². The molecule has 0 aliphatic heterocycles. The molecule has 0 atom stereocenters. The lowest BCUT2D eigenvalue weighted by Gasteiger charge is -2.24. The fourth-order valence-electron chi connectivity index (χ4n) is 2.14. The SMILES string of the molecule is CC(C)OC(=O)CC1(C(=O)OC(C)C)C(=O)CCC1=O. The summed E-state index contributed by atoms with van der Waals surface area (Å²) in [6, 6.07) is 0. The van der Waals surface area contributed by atoms with Gasteiger partial charge in [-0.25, -0.2) is 0 Å². The topological polar surface area (TPSA) is 86.7 Å². The van der Waals surface area contributed by atoms with Crippen LogP contribution in [0.5, 0.6) is 0 Å². The zero-order valence-corrected chi connectivity index (χ0v) is 12.2. The molecule has 1 rings (SSSR count). The number of hydrogen-bond donors (Lipinski definition) is 0. The molecule has 6 heteroatoms. The second kappa shape index (κ2) is 6.15. The number of carbonyl (C=O) groups excluding carboxylic acids is 4. The van der Waals surface area contributed by atoms with E-state index in [9.17, 15) is 19.2 Å². The van der Waals surface area contributed by atoms with Gasteiger partial charge in [0.05, 0.1) is 18.6 Å². The minimum absolute atomic E-state index is 0.0407. The fraction of sp³-hybridized carbons (Fsp3) is 0.714. The quantitative estimate of drug-likeness (QED) is 0.557. The molecule has 0 saturated heterocycles. The molecule has 0 aromatic carbocycles. The summed E-state index contributed by atoms with van der Waals surface area (Å²) in [5.74, 6) is -2.81. The van der Waals surface area contributed by atoms with Crippen molar-refractivity contribution in [3.63, 3.8) is 0 Å². The zero-order valence-electron chi connectivity index (χ0n) is 12.2. The van der Waals surface area contributed by atoms with Crippen LogP contribution in [0.1, 0.15) is 47.0 Å². The third-order valence-corrected chi connectivity index (χ3v) is 3.00. The van der Waals surface area contributed by atoms with Crippen LogP contribution in [0.15, 0.2) is 0 Å². The summed E-state index contributed by atoms with van der Waals surface area (Å²) in [7, 11) is 0. The molecule has 20 heavy (non-hydrogen) atoms. The molecule has 6 nitrogen and oxygen atoms in total. The summed E-state index contributed by atoms with van der Waals surface area (Å²) in [6.07, 6.45) is -1.51. The number of rotatable bonds is 5. The standard InChI is InChI=1S/C14H20O6/c1-8(2)19-12(17)7-14(13(18)20-9(3)4)10(15)5-6-11(14)16/h8-9H,5-7H2,1-4H3. The van der Waals surface area contributed by atoms with Crippen LogP contribution in [0.3, 0.4) is 0 Å². The second-order valence-corrected chi connectivity index (χ2v) is 5.42. The van der Waals surface area contributed by atoms with Crippen molar-refractivity contribution in [2.24, 2.45) is 5.41 Å². The summed E-state index contributed by atoms with van der Waals surface area (Å²) < 4.78 is 9.93. The molecule has 1 aliphatic rings. The first-order valence-electron chi connectivity index (χ1n) is 6.67. The van der Waals surface area contributed by atoms with Gasteiger partial charge in [-0.1, -0.05) is 0 Å². The number of esters is 2. The number of ketones is 2. The maximum Gasteiger partial charge on any atom is 0.328 e. The molecule has 0 aromatic rings. The Bertz CT molecular complexity index is 419. The van der Waals surface area contributed by atoms with E-state index in [4.69, 9.17) is 9.47 Å². The third-order valence-electron chi connectivity index (χ3n) is 3.00. The highest BCUT2D eigenvalue weighted by molar-refractivity contribution is 6.27. The van der Waals surface area contributed by atoms with E-state index in [1.807, 2.05) is 0 Å². The van der Waals surface area contributed by atoms with Crippen LogP contribution in [0.2, 0.25) is 0 Å². The molecule has 1 fully saturated rings. The largest absolute Gasteiger partial charge is 0.463 e. The van der Waals surface area contributed by atoms with Crippen LogP contribution in [0.4, 0.5) is 0 Å². The normalized spacial score (nSPS) is 17.7. The Kier molecular flexibility index (Phi) is 5.03. The maximum atomic E-state index is 12.1. The van der Waals surface area contributed by atoms with Gasteiger partial charge in [0.25, 0.3) is 0 Å². The Morgan fingerprint density at radius 1 is 1.00 bits per heavy atom. The Morgan fingerprint density at radius 2 is 1.45 bits per heavy atom. The molecule has 0 spiro atoms. The van der Waals surface area contributed by atoms with Crippen LogP contribution in [-0.2, 0) is 28.7 Å². The minimum atomic E-state index is -2.00. The van der Waals surface area contributed by atoms with E-state index in [1.54, 1.807) is 27.7 Å². The summed E-state index contributed by atoms with van der Waals surface area (Å²) >= 11 is 0. The first kappa shape index (κ1) is 16.3. The summed E-state index contributed by atoms with van der Waals surface area (Å²) in [4.78, 5) is 48.0. The highest BCUT2D eigenvalue weighted by Gasteiger charge is 2.58. The number of Topliss-reactive ketones (excluding diaryl/α,β-unsaturated/α-hetero) is 2. The highest BCUT2D eigenvalue weighted by atomic mass is 16.6. The molecule has 0 aromatic heterocycles. The molecule has 0 unspecified atom stereocenters. The number of hydrogen-bond acceptors (Lipinski definition) is 6. The predicted octanol–water partition coefficient (Wildman–Crippen LogP) is 1.20. The smallest absolute Gasteiger partial charge is 0.328 e. The van der Waals surface area contributed by atoms with Crippen LogP contribution >= 0.6 is 0 Å². The monoisotopic (exact) mass is 284 g/mol. The zero-order chi connectivity index (χ0) is 15.5. The molecule has 0 heterocycles. The van der Waals surface area contributed by atoms with Crippen molar-refractivity contribution >= 4 is 23.5 Å².